The molecule has 0 bridgehead atoms. The highest BCUT2D eigenvalue weighted by molar-refractivity contribution is 7.80. The molecule has 0 aromatic heterocycles. The van der Waals surface area contributed by atoms with E-state index in [-0.39, 0.29) is 24.0 Å². The average molecular weight is 495 g/mol. The molecule has 34 heavy (non-hydrogen) atoms. The van der Waals surface area contributed by atoms with Crippen molar-refractivity contribution in [1.29, 1.82) is 0 Å². The van der Waals surface area contributed by atoms with Gasteiger partial charge < -0.3 is 26.8 Å². The van der Waals surface area contributed by atoms with E-state index < -0.39 is 47.9 Å². The monoisotopic (exact) mass is 494 g/mol. The van der Waals surface area contributed by atoms with Crippen molar-refractivity contribution in [3.05, 3.63) is 35.9 Å². The summed E-state index contributed by atoms with van der Waals surface area (Å²) in [6.07, 6.45) is 1.32. The molecule has 1 rings (SSSR count). The second-order valence-electron chi connectivity index (χ2n) is 8.62. The van der Waals surface area contributed by atoms with E-state index in [0.717, 1.165) is 5.56 Å². The molecule has 6 unspecified atom stereocenters. The van der Waals surface area contributed by atoms with E-state index in [4.69, 9.17) is 5.73 Å². The maximum absolute atomic E-state index is 13.3. The fraction of sp³-hybridized carbons (Fsp3) is 0.583. The van der Waals surface area contributed by atoms with Crippen molar-refractivity contribution in [2.24, 2.45) is 17.6 Å². The Balaban J connectivity index is 3.12. The summed E-state index contributed by atoms with van der Waals surface area (Å²) in [6, 6.07) is 5.21. The quantitative estimate of drug-likeness (QED) is 0.213. The summed E-state index contributed by atoms with van der Waals surface area (Å²) in [5.74, 6) is -3.25. The molecule has 1 aromatic rings. The largest absolute Gasteiger partial charge is 0.480 e. The average Bonchev–Trinajstić information content (AvgIpc) is 2.83. The van der Waals surface area contributed by atoms with E-state index in [2.05, 4.69) is 28.6 Å². The standard InChI is InChI=1S/C24H38N4O5S/c1-5-14(3)19(23(31)28-20(24(32)33)15(4)6-2)27-22(30)18(26-21(29)17(25)13-34)12-16-10-8-7-9-11-16/h7-11,14-15,17-20,34H,5-6,12-13,25H2,1-4H3,(H,26,29)(H,27,30)(H,28,31)(H,32,33). The van der Waals surface area contributed by atoms with E-state index in [1.807, 2.05) is 44.2 Å². The molecule has 0 fully saturated rings. The topological polar surface area (TPSA) is 151 Å². The lowest BCUT2D eigenvalue weighted by Gasteiger charge is -2.29. The van der Waals surface area contributed by atoms with Gasteiger partial charge >= 0.3 is 5.97 Å². The summed E-state index contributed by atoms with van der Waals surface area (Å²) in [5.41, 5.74) is 6.58. The third-order valence-corrected chi connectivity index (χ3v) is 6.41. The Bertz CT molecular complexity index is 823. The number of nitrogens with two attached hydrogens (primary N) is 1. The molecule has 0 saturated carbocycles. The number of carbonyl (C=O) groups is 4. The van der Waals surface area contributed by atoms with Crippen LogP contribution in [0, 0.1) is 11.8 Å². The fourth-order valence-corrected chi connectivity index (χ4v) is 3.47. The summed E-state index contributed by atoms with van der Waals surface area (Å²) in [6.45, 7) is 7.25. The Morgan fingerprint density at radius 2 is 1.41 bits per heavy atom. The number of nitrogens with one attached hydrogen (secondary N) is 3. The highest BCUT2D eigenvalue weighted by atomic mass is 32.1. The zero-order chi connectivity index (χ0) is 25.8. The van der Waals surface area contributed by atoms with Crippen molar-refractivity contribution < 1.29 is 24.3 Å². The first kappa shape index (κ1) is 29.4. The lowest BCUT2D eigenvalue weighted by molar-refractivity contribution is -0.144. The van der Waals surface area contributed by atoms with Crippen molar-refractivity contribution in [2.45, 2.75) is 71.1 Å². The third-order valence-electron chi connectivity index (χ3n) is 6.02. The maximum atomic E-state index is 13.3. The number of carboxylic acid groups (broad SMARTS) is 1. The smallest absolute Gasteiger partial charge is 0.326 e. The SMILES string of the molecule is CCC(C)C(NC(=O)C(NC(=O)C(Cc1ccccc1)NC(=O)C(N)CS)C(C)CC)C(=O)O. The van der Waals surface area contributed by atoms with Crippen LogP contribution in [0.25, 0.3) is 0 Å². The van der Waals surface area contributed by atoms with Crippen molar-refractivity contribution >= 4 is 36.3 Å². The molecule has 6 atom stereocenters. The van der Waals surface area contributed by atoms with E-state index in [0.29, 0.717) is 12.8 Å². The van der Waals surface area contributed by atoms with Crippen LogP contribution < -0.4 is 21.7 Å². The van der Waals surface area contributed by atoms with Crippen LogP contribution in [0.3, 0.4) is 0 Å². The van der Waals surface area contributed by atoms with Crippen LogP contribution in [-0.4, -0.2) is 58.7 Å². The lowest BCUT2D eigenvalue weighted by Crippen LogP contribution is -2.59. The highest BCUT2D eigenvalue weighted by Crippen LogP contribution is 2.13. The first-order valence-electron chi connectivity index (χ1n) is 11.6. The summed E-state index contributed by atoms with van der Waals surface area (Å²) >= 11 is 4.04. The van der Waals surface area contributed by atoms with E-state index in [9.17, 15) is 24.3 Å². The van der Waals surface area contributed by atoms with Gasteiger partial charge in [-0.15, -0.1) is 0 Å². The van der Waals surface area contributed by atoms with Crippen LogP contribution in [0.2, 0.25) is 0 Å². The van der Waals surface area contributed by atoms with Gasteiger partial charge in [0.25, 0.3) is 0 Å². The number of hydrogen-bond acceptors (Lipinski definition) is 6. The lowest BCUT2D eigenvalue weighted by atomic mass is 9.95. The first-order valence-corrected chi connectivity index (χ1v) is 12.2. The molecule has 9 nitrogen and oxygen atoms in total. The number of aliphatic carboxylic acids is 1. The third kappa shape index (κ3) is 8.98. The van der Waals surface area contributed by atoms with Gasteiger partial charge in [-0.3, -0.25) is 14.4 Å². The molecule has 1 aromatic carbocycles. The van der Waals surface area contributed by atoms with Gasteiger partial charge in [0.15, 0.2) is 0 Å². The van der Waals surface area contributed by atoms with Gasteiger partial charge in [-0.1, -0.05) is 70.9 Å². The zero-order valence-electron chi connectivity index (χ0n) is 20.3. The number of hydrogen-bond donors (Lipinski definition) is 6. The molecule has 0 saturated heterocycles. The Morgan fingerprint density at radius 1 is 0.882 bits per heavy atom. The molecular formula is C24H38N4O5S. The Hall–Kier alpha value is -2.59. The summed E-state index contributed by atoms with van der Waals surface area (Å²) in [5, 5.41) is 17.5. The minimum Gasteiger partial charge on any atom is -0.480 e. The van der Waals surface area contributed by atoms with Crippen LogP contribution in [0.5, 0.6) is 0 Å². The molecule has 3 amide bonds. The predicted octanol–water partition coefficient (Wildman–Crippen LogP) is 1.12. The Labute approximate surface area is 207 Å². The van der Waals surface area contributed by atoms with Crippen molar-refractivity contribution in [2.75, 3.05) is 5.75 Å². The number of carbonyl (C=O) groups excluding carboxylic acids is 3. The van der Waals surface area contributed by atoms with E-state index in [1.165, 1.54) is 0 Å². The number of carboxylic acids is 1. The molecule has 0 aliphatic rings. The molecule has 0 heterocycles. The van der Waals surface area contributed by atoms with Crippen molar-refractivity contribution in [3.63, 3.8) is 0 Å². The maximum Gasteiger partial charge on any atom is 0.326 e. The number of benzene rings is 1. The highest BCUT2D eigenvalue weighted by Gasteiger charge is 2.34. The van der Waals surface area contributed by atoms with Gasteiger partial charge in [0.2, 0.25) is 17.7 Å². The second kappa shape index (κ2) is 14.6. The van der Waals surface area contributed by atoms with Gasteiger partial charge in [-0.05, 0) is 17.4 Å². The molecule has 0 radical (unpaired) electrons. The molecule has 0 aliphatic carbocycles. The number of amides is 3. The van der Waals surface area contributed by atoms with Crippen LogP contribution >= 0.6 is 12.6 Å². The Kier molecular flexibility index (Phi) is 12.7. The first-order chi connectivity index (χ1) is 16.0. The molecule has 0 spiro atoms. The van der Waals surface area contributed by atoms with Crippen LogP contribution in [0.4, 0.5) is 0 Å². The van der Waals surface area contributed by atoms with Gasteiger partial charge in [-0.2, -0.15) is 12.6 Å². The van der Waals surface area contributed by atoms with Crippen molar-refractivity contribution in [1.82, 2.24) is 16.0 Å². The van der Waals surface area contributed by atoms with E-state index >= 15 is 0 Å². The van der Waals surface area contributed by atoms with Crippen molar-refractivity contribution in [3.8, 4) is 0 Å². The number of rotatable bonds is 14. The normalized spacial score (nSPS) is 16.3. The van der Waals surface area contributed by atoms with Gasteiger partial charge in [0, 0.05) is 12.2 Å². The predicted molar refractivity (Wildman–Crippen MR) is 134 cm³/mol. The summed E-state index contributed by atoms with van der Waals surface area (Å²) in [4.78, 5) is 50.4. The second-order valence-corrected chi connectivity index (χ2v) is 8.99. The van der Waals surface area contributed by atoms with Crippen LogP contribution in [0.1, 0.15) is 46.1 Å². The summed E-state index contributed by atoms with van der Waals surface area (Å²) < 4.78 is 0. The molecule has 190 valence electrons. The fourth-order valence-electron chi connectivity index (χ4n) is 3.30. The molecule has 6 N–H and O–H groups in total. The molecular weight excluding hydrogens is 456 g/mol. The van der Waals surface area contributed by atoms with Gasteiger partial charge in [-0.25, -0.2) is 4.79 Å². The Morgan fingerprint density at radius 3 is 1.91 bits per heavy atom. The minimum absolute atomic E-state index is 0.107. The van der Waals surface area contributed by atoms with Crippen LogP contribution in [0.15, 0.2) is 30.3 Å². The molecule has 0 aliphatic heterocycles. The number of thiol groups is 1. The van der Waals surface area contributed by atoms with E-state index in [1.54, 1.807) is 13.8 Å². The van der Waals surface area contributed by atoms with Gasteiger partial charge in [0.05, 0.1) is 6.04 Å². The molecule has 10 heteroatoms. The zero-order valence-corrected chi connectivity index (χ0v) is 21.2. The summed E-state index contributed by atoms with van der Waals surface area (Å²) in [7, 11) is 0. The van der Waals surface area contributed by atoms with Gasteiger partial charge in [0.1, 0.15) is 18.1 Å². The van der Waals surface area contributed by atoms with Crippen LogP contribution in [-0.2, 0) is 25.6 Å². The minimum atomic E-state index is -1.13.